The summed E-state index contributed by atoms with van der Waals surface area (Å²) in [5.41, 5.74) is 6.40. The van der Waals surface area contributed by atoms with Gasteiger partial charge in [-0.3, -0.25) is 4.79 Å². The third-order valence-corrected chi connectivity index (χ3v) is 1.86. The van der Waals surface area contributed by atoms with Crippen molar-refractivity contribution in [1.29, 1.82) is 0 Å². The van der Waals surface area contributed by atoms with E-state index >= 15 is 0 Å². The van der Waals surface area contributed by atoms with Crippen LogP contribution in [0.5, 0.6) is 0 Å². The zero-order valence-electron chi connectivity index (χ0n) is 8.28. The third kappa shape index (κ3) is 3.40. The van der Waals surface area contributed by atoms with Gasteiger partial charge in [-0.2, -0.15) is 0 Å². The highest BCUT2D eigenvalue weighted by Crippen LogP contribution is 2.08. The molecule has 1 heterocycles. The lowest BCUT2D eigenvalue weighted by Gasteiger charge is -2.13. The predicted molar refractivity (Wildman–Crippen MR) is 58.2 cm³/mol. The number of carbonyl (C=O) groups excluding carboxylic acids is 1. The molecule has 1 unspecified atom stereocenters. The minimum atomic E-state index is -0.461. The molecule has 4 nitrogen and oxygen atoms in total. The maximum Gasteiger partial charge on any atom is 0.237 e. The van der Waals surface area contributed by atoms with Gasteiger partial charge in [0.2, 0.25) is 5.91 Å². The maximum absolute atomic E-state index is 11.2. The number of nitrogens with one attached hydrogen (secondary N) is 2. The van der Waals surface area contributed by atoms with Gasteiger partial charge in [0, 0.05) is 11.9 Å². The fourth-order valence-electron chi connectivity index (χ4n) is 1.04. The van der Waals surface area contributed by atoms with E-state index in [0.29, 0.717) is 0 Å². The van der Waals surface area contributed by atoms with Crippen LogP contribution in [0.4, 0.5) is 0 Å². The van der Waals surface area contributed by atoms with Crippen molar-refractivity contribution in [3.8, 4) is 0 Å². The molecular weight excluding hydrogens is 202 g/mol. The first-order chi connectivity index (χ1) is 6.11. The molecule has 0 aliphatic rings. The van der Waals surface area contributed by atoms with Crippen molar-refractivity contribution in [3.63, 3.8) is 0 Å². The van der Waals surface area contributed by atoms with Crippen molar-refractivity contribution in [3.05, 3.63) is 24.0 Å². The van der Waals surface area contributed by atoms with Crippen molar-refractivity contribution in [2.24, 2.45) is 5.73 Å². The van der Waals surface area contributed by atoms with Gasteiger partial charge in [-0.15, -0.1) is 12.4 Å². The van der Waals surface area contributed by atoms with Gasteiger partial charge in [-0.25, -0.2) is 0 Å². The first-order valence-corrected chi connectivity index (χ1v) is 4.30. The summed E-state index contributed by atoms with van der Waals surface area (Å²) in [7, 11) is 0. The van der Waals surface area contributed by atoms with Crippen molar-refractivity contribution in [2.75, 3.05) is 0 Å². The highest BCUT2D eigenvalue weighted by Gasteiger charge is 2.12. The van der Waals surface area contributed by atoms with Crippen molar-refractivity contribution in [2.45, 2.75) is 25.9 Å². The molecule has 0 saturated heterocycles. The van der Waals surface area contributed by atoms with Gasteiger partial charge >= 0.3 is 0 Å². The Labute approximate surface area is 89.7 Å². The molecule has 0 aromatic carbocycles. The number of amides is 1. The van der Waals surface area contributed by atoms with Crippen molar-refractivity contribution < 1.29 is 4.79 Å². The molecule has 1 aromatic heterocycles. The lowest BCUT2D eigenvalue weighted by atomic mass is 10.2. The molecular formula is C9H16ClN3O. The van der Waals surface area contributed by atoms with E-state index in [2.05, 4.69) is 10.3 Å². The second-order valence-electron chi connectivity index (χ2n) is 3.14. The van der Waals surface area contributed by atoms with Crippen LogP contribution in [0, 0.1) is 0 Å². The quantitative estimate of drug-likeness (QED) is 0.706. The standard InChI is InChI=1S/C9H15N3O.ClH/c1-6(10)9(13)12-7(2)8-4-3-5-11-8;/h3-7,11H,10H2,1-2H3,(H,12,13);1H/t6-,7?;/m1./s1. The Bertz CT molecular complexity index is 272. The second-order valence-corrected chi connectivity index (χ2v) is 3.14. The van der Waals surface area contributed by atoms with E-state index in [1.807, 2.05) is 25.3 Å². The lowest BCUT2D eigenvalue weighted by molar-refractivity contribution is -0.122. The zero-order chi connectivity index (χ0) is 9.84. The summed E-state index contributed by atoms with van der Waals surface area (Å²) in [5, 5.41) is 2.79. The minimum Gasteiger partial charge on any atom is -0.363 e. The molecule has 80 valence electrons. The monoisotopic (exact) mass is 217 g/mol. The molecule has 0 aliphatic heterocycles. The maximum atomic E-state index is 11.2. The van der Waals surface area contributed by atoms with Crippen molar-refractivity contribution in [1.82, 2.24) is 10.3 Å². The van der Waals surface area contributed by atoms with E-state index in [4.69, 9.17) is 5.73 Å². The van der Waals surface area contributed by atoms with Crippen LogP contribution in [0.25, 0.3) is 0 Å². The molecule has 0 saturated carbocycles. The highest BCUT2D eigenvalue weighted by molar-refractivity contribution is 5.85. The largest absolute Gasteiger partial charge is 0.363 e. The van der Waals surface area contributed by atoms with Crippen LogP contribution >= 0.6 is 12.4 Å². The van der Waals surface area contributed by atoms with Gasteiger partial charge in [0.05, 0.1) is 12.1 Å². The third-order valence-electron chi connectivity index (χ3n) is 1.86. The van der Waals surface area contributed by atoms with Gasteiger partial charge in [-0.1, -0.05) is 0 Å². The van der Waals surface area contributed by atoms with E-state index in [-0.39, 0.29) is 24.4 Å². The highest BCUT2D eigenvalue weighted by atomic mass is 35.5. The molecule has 5 heteroatoms. The number of carbonyl (C=O) groups is 1. The summed E-state index contributed by atoms with van der Waals surface area (Å²) in [6, 6.07) is 3.33. The van der Waals surface area contributed by atoms with Crippen LogP contribution in [0.15, 0.2) is 18.3 Å². The van der Waals surface area contributed by atoms with Gasteiger partial charge in [0.15, 0.2) is 0 Å². The summed E-state index contributed by atoms with van der Waals surface area (Å²) in [6.07, 6.45) is 1.82. The van der Waals surface area contributed by atoms with Gasteiger partial charge in [0.1, 0.15) is 0 Å². The molecule has 1 amide bonds. The molecule has 0 spiro atoms. The molecule has 0 bridgehead atoms. The second kappa shape index (κ2) is 5.67. The van der Waals surface area contributed by atoms with Crippen LogP contribution < -0.4 is 11.1 Å². The van der Waals surface area contributed by atoms with Crippen LogP contribution in [0.1, 0.15) is 25.6 Å². The topological polar surface area (TPSA) is 70.9 Å². The molecule has 4 N–H and O–H groups in total. The number of aromatic nitrogens is 1. The first kappa shape index (κ1) is 13.0. The van der Waals surface area contributed by atoms with E-state index in [1.54, 1.807) is 6.92 Å². The smallest absolute Gasteiger partial charge is 0.237 e. The van der Waals surface area contributed by atoms with Gasteiger partial charge in [0.25, 0.3) is 0 Å². The normalized spacial score (nSPS) is 13.9. The van der Waals surface area contributed by atoms with E-state index < -0.39 is 6.04 Å². The summed E-state index contributed by atoms with van der Waals surface area (Å²) in [5.74, 6) is -0.137. The first-order valence-electron chi connectivity index (χ1n) is 4.30. The Morgan fingerprint density at radius 2 is 2.21 bits per heavy atom. The summed E-state index contributed by atoms with van der Waals surface area (Å²) in [6.45, 7) is 3.57. The fourth-order valence-corrected chi connectivity index (χ4v) is 1.04. The van der Waals surface area contributed by atoms with Crippen LogP contribution in [0.3, 0.4) is 0 Å². The number of nitrogens with two attached hydrogens (primary N) is 1. The molecule has 14 heavy (non-hydrogen) atoms. The minimum absolute atomic E-state index is 0. The zero-order valence-corrected chi connectivity index (χ0v) is 9.10. The Morgan fingerprint density at radius 3 is 2.64 bits per heavy atom. The number of rotatable bonds is 3. The van der Waals surface area contributed by atoms with Crippen molar-refractivity contribution >= 4 is 18.3 Å². The van der Waals surface area contributed by atoms with Crippen LogP contribution in [-0.4, -0.2) is 16.9 Å². The average Bonchev–Trinajstić information content (AvgIpc) is 2.55. The Morgan fingerprint density at radius 1 is 1.57 bits per heavy atom. The molecule has 1 aromatic rings. The Hall–Kier alpha value is -1.00. The lowest BCUT2D eigenvalue weighted by Crippen LogP contribution is -2.39. The van der Waals surface area contributed by atoms with E-state index in [0.717, 1.165) is 5.69 Å². The molecule has 0 aliphatic carbocycles. The Kier molecular flexibility index (Phi) is 5.27. The molecule has 0 fully saturated rings. The fraction of sp³-hybridized carbons (Fsp3) is 0.444. The number of halogens is 1. The summed E-state index contributed by atoms with van der Waals surface area (Å²) in [4.78, 5) is 14.2. The molecule has 0 radical (unpaired) electrons. The van der Waals surface area contributed by atoms with Crippen LogP contribution in [0.2, 0.25) is 0 Å². The summed E-state index contributed by atoms with van der Waals surface area (Å²) >= 11 is 0. The van der Waals surface area contributed by atoms with Gasteiger partial charge < -0.3 is 16.0 Å². The summed E-state index contributed by atoms with van der Waals surface area (Å²) < 4.78 is 0. The molecule has 1 rings (SSSR count). The van der Waals surface area contributed by atoms with Crippen LogP contribution in [-0.2, 0) is 4.79 Å². The predicted octanol–water partition coefficient (Wildman–Crippen LogP) is 0.961. The van der Waals surface area contributed by atoms with E-state index in [1.165, 1.54) is 0 Å². The number of aromatic amines is 1. The van der Waals surface area contributed by atoms with Gasteiger partial charge in [-0.05, 0) is 26.0 Å². The Balaban J connectivity index is 0.00000169. The number of hydrogen-bond donors (Lipinski definition) is 3. The number of hydrogen-bond acceptors (Lipinski definition) is 2. The number of H-pyrrole nitrogens is 1. The van der Waals surface area contributed by atoms with E-state index in [9.17, 15) is 4.79 Å². The SMILES string of the molecule is CC(NC(=O)[C@@H](C)N)c1ccc[nH]1.Cl. The average molecular weight is 218 g/mol. The molecule has 2 atom stereocenters.